The number of rotatable bonds is 2. The second kappa shape index (κ2) is 11.1. The third kappa shape index (κ3) is 6.87. The van der Waals surface area contributed by atoms with Crippen LogP contribution in [0.15, 0.2) is 36.7 Å². The van der Waals surface area contributed by atoms with E-state index >= 15 is 0 Å². The van der Waals surface area contributed by atoms with Crippen LogP contribution in [0.5, 0.6) is 5.75 Å². The molecule has 0 bridgehead atoms. The number of hydrogen-bond acceptors (Lipinski definition) is 3. The van der Waals surface area contributed by atoms with Gasteiger partial charge in [-0.15, -0.1) is 0 Å². The second-order valence-electron chi connectivity index (χ2n) is 10.5. The van der Waals surface area contributed by atoms with Crippen molar-refractivity contribution in [2.75, 3.05) is 9.80 Å². The average molecular weight is 537 g/mol. The van der Waals surface area contributed by atoms with Crippen LogP contribution in [0.2, 0.25) is 0 Å². The molecule has 0 unspecified atom stereocenters. The zero-order valence-corrected chi connectivity index (χ0v) is 23.1. The van der Waals surface area contributed by atoms with Crippen molar-refractivity contribution in [3.05, 3.63) is 91.4 Å². The van der Waals surface area contributed by atoms with Crippen LogP contribution >= 0.6 is 0 Å². The molecule has 2 aromatic carbocycles. The SMILES string of the molecule is Cc1cc(C)c(N2[C]N(c3cc(C(C)(C)C)cc(C(C)(C)C)c3[O-])C=C2)c(C)c1.[CH2][CH][CH2].[Pd+2]. The quantitative estimate of drug-likeness (QED) is 0.390. The Morgan fingerprint density at radius 3 is 1.76 bits per heavy atom. The van der Waals surface area contributed by atoms with Gasteiger partial charge in [-0.1, -0.05) is 71.1 Å². The summed E-state index contributed by atoms with van der Waals surface area (Å²) in [6.45, 7) is 29.1. The molecule has 5 radical (unpaired) electrons. The maximum atomic E-state index is 13.4. The molecule has 1 aliphatic rings. The summed E-state index contributed by atoms with van der Waals surface area (Å²) in [5.74, 6) is 0.0712. The summed E-state index contributed by atoms with van der Waals surface area (Å²) >= 11 is 0. The monoisotopic (exact) mass is 536 g/mol. The molecule has 0 amide bonds. The van der Waals surface area contributed by atoms with Crippen LogP contribution in [-0.2, 0) is 31.3 Å². The normalized spacial score (nSPS) is 13.5. The molecule has 0 spiro atoms. The van der Waals surface area contributed by atoms with Crippen molar-refractivity contribution in [3.8, 4) is 5.75 Å². The Morgan fingerprint density at radius 2 is 1.30 bits per heavy atom. The van der Waals surface area contributed by atoms with Crippen molar-refractivity contribution in [3.63, 3.8) is 0 Å². The maximum absolute atomic E-state index is 13.4. The molecule has 33 heavy (non-hydrogen) atoms. The van der Waals surface area contributed by atoms with Gasteiger partial charge in [0.2, 0.25) is 6.67 Å². The molecule has 179 valence electrons. The molecule has 0 atom stereocenters. The minimum atomic E-state index is -0.222. The first-order chi connectivity index (χ1) is 14.7. The minimum absolute atomic E-state index is 0. The van der Waals surface area contributed by atoms with Crippen LogP contribution in [0.1, 0.15) is 69.4 Å². The van der Waals surface area contributed by atoms with Gasteiger partial charge in [-0.25, -0.2) is 0 Å². The van der Waals surface area contributed by atoms with E-state index in [4.69, 9.17) is 0 Å². The van der Waals surface area contributed by atoms with E-state index in [0.717, 1.165) is 16.8 Å². The van der Waals surface area contributed by atoms with E-state index in [-0.39, 0.29) is 37.0 Å². The topological polar surface area (TPSA) is 29.5 Å². The largest absolute Gasteiger partial charge is 2.00 e. The average Bonchev–Trinajstić information content (AvgIpc) is 3.09. The number of aryl methyl sites for hydroxylation is 3. The fourth-order valence-electron chi connectivity index (χ4n) is 3.91. The standard InChI is InChI=1S/C26H34N2O.C3H5.Pd/c1-17-12-18(2)23(19(3)13-17)28-11-10-27(16-28)22-15-20(25(4,5)6)14-21(24(22)29)26(7,8)9;1-3-2;/h10-15,29H,1-9H3;3H,1-2H2;/q;;+2/p-1. The summed E-state index contributed by atoms with van der Waals surface area (Å²) in [6.07, 6.45) is 5.40. The van der Waals surface area contributed by atoms with E-state index in [2.05, 4.69) is 101 Å². The third-order valence-corrected chi connectivity index (χ3v) is 5.46. The van der Waals surface area contributed by atoms with Crippen molar-refractivity contribution in [1.82, 2.24) is 0 Å². The molecule has 0 N–H and O–H groups in total. The van der Waals surface area contributed by atoms with Crippen molar-refractivity contribution >= 4 is 11.4 Å². The molecular formula is C29H38N2OPd+. The van der Waals surface area contributed by atoms with Crippen LogP contribution < -0.4 is 14.9 Å². The van der Waals surface area contributed by atoms with E-state index < -0.39 is 0 Å². The third-order valence-electron chi connectivity index (χ3n) is 5.46. The van der Waals surface area contributed by atoms with Crippen LogP contribution in [0.3, 0.4) is 0 Å². The van der Waals surface area contributed by atoms with E-state index in [1.54, 1.807) is 0 Å². The van der Waals surface area contributed by atoms with Gasteiger partial charge in [0.05, 0.1) is 0 Å². The first kappa shape index (κ1) is 29.3. The molecule has 1 aliphatic heterocycles. The van der Waals surface area contributed by atoms with Gasteiger partial charge in [-0.3, -0.25) is 0 Å². The Labute approximate surface area is 216 Å². The van der Waals surface area contributed by atoms with Gasteiger partial charge in [0, 0.05) is 23.8 Å². The Morgan fingerprint density at radius 1 is 0.818 bits per heavy atom. The summed E-state index contributed by atoms with van der Waals surface area (Å²) in [5.41, 5.74) is 7.15. The predicted octanol–water partition coefficient (Wildman–Crippen LogP) is 6.93. The molecular weight excluding hydrogens is 499 g/mol. The Bertz CT molecular complexity index is 957. The summed E-state index contributed by atoms with van der Waals surface area (Å²) < 4.78 is 0. The van der Waals surface area contributed by atoms with E-state index in [0.29, 0.717) is 5.69 Å². The molecule has 0 saturated heterocycles. The van der Waals surface area contributed by atoms with Gasteiger partial charge in [-0.05, 0) is 80.2 Å². The van der Waals surface area contributed by atoms with Gasteiger partial charge < -0.3 is 14.9 Å². The number of hydrogen-bond donors (Lipinski definition) is 0. The van der Waals surface area contributed by atoms with Crippen molar-refractivity contribution in [2.24, 2.45) is 0 Å². The molecule has 0 fully saturated rings. The van der Waals surface area contributed by atoms with Crippen LogP contribution in [0.25, 0.3) is 0 Å². The Hall–Kier alpha value is -1.76. The fraction of sp³-hybridized carbons (Fsp3) is 0.379. The van der Waals surface area contributed by atoms with Crippen LogP contribution in [-0.4, -0.2) is 0 Å². The van der Waals surface area contributed by atoms with Gasteiger partial charge >= 0.3 is 20.4 Å². The smallest absolute Gasteiger partial charge is 0.871 e. The summed E-state index contributed by atoms with van der Waals surface area (Å²) in [5, 5.41) is 13.4. The first-order valence-electron chi connectivity index (χ1n) is 11.1. The number of anilines is 2. The van der Waals surface area contributed by atoms with Crippen molar-refractivity contribution < 1.29 is 25.5 Å². The van der Waals surface area contributed by atoms with Crippen molar-refractivity contribution in [2.45, 2.75) is 73.1 Å². The Balaban J connectivity index is 0.00000129. The van der Waals surface area contributed by atoms with Crippen LogP contribution in [0, 0.1) is 47.7 Å². The summed E-state index contributed by atoms with van der Waals surface area (Å²) in [7, 11) is 0. The number of benzene rings is 2. The van der Waals surface area contributed by atoms with Crippen LogP contribution in [0.4, 0.5) is 11.4 Å². The van der Waals surface area contributed by atoms with Crippen molar-refractivity contribution in [1.29, 1.82) is 0 Å². The molecule has 0 saturated carbocycles. The summed E-state index contributed by atoms with van der Waals surface area (Å²) in [6, 6.07) is 8.46. The summed E-state index contributed by atoms with van der Waals surface area (Å²) in [4.78, 5) is 3.83. The molecule has 1 heterocycles. The van der Waals surface area contributed by atoms with E-state index in [1.165, 1.54) is 23.1 Å². The zero-order chi connectivity index (χ0) is 24.4. The van der Waals surface area contributed by atoms with Gasteiger partial charge in [0.1, 0.15) is 0 Å². The van der Waals surface area contributed by atoms with Gasteiger partial charge in [0.25, 0.3) is 0 Å². The molecule has 2 aromatic rings. The molecule has 3 rings (SSSR count). The molecule has 4 heteroatoms. The fourth-order valence-corrected chi connectivity index (χ4v) is 3.91. The predicted molar refractivity (Wildman–Crippen MR) is 136 cm³/mol. The Kier molecular flexibility index (Phi) is 9.86. The molecule has 0 aromatic heterocycles. The maximum Gasteiger partial charge on any atom is 2.00 e. The van der Waals surface area contributed by atoms with Gasteiger partial charge in [0.15, 0.2) is 0 Å². The van der Waals surface area contributed by atoms with Gasteiger partial charge in [-0.2, -0.15) is 0 Å². The zero-order valence-electron chi connectivity index (χ0n) is 21.6. The second-order valence-corrected chi connectivity index (χ2v) is 10.5. The minimum Gasteiger partial charge on any atom is -0.871 e. The number of nitrogens with zero attached hydrogens (tertiary/aromatic N) is 2. The van der Waals surface area contributed by atoms with E-state index in [1.807, 2.05) is 28.3 Å². The molecule has 0 aliphatic carbocycles. The molecule has 3 nitrogen and oxygen atoms in total. The van der Waals surface area contributed by atoms with E-state index in [9.17, 15) is 5.11 Å². The first-order valence-corrected chi connectivity index (χ1v) is 11.1.